The number of nitrogens with one attached hydrogen (secondary N) is 1. The molecule has 0 aliphatic carbocycles. The molecule has 4 rings (SSSR count). The van der Waals surface area contributed by atoms with Gasteiger partial charge in [-0.1, -0.05) is 29.8 Å². The fourth-order valence-electron chi connectivity index (χ4n) is 3.76. The summed E-state index contributed by atoms with van der Waals surface area (Å²) in [6.45, 7) is 2.83. The van der Waals surface area contributed by atoms with Crippen molar-refractivity contribution in [1.29, 1.82) is 0 Å². The number of carbonyl (C=O) groups is 2. The molecule has 3 aromatic rings. The number of nitrogens with zero attached hydrogens (tertiary/aromatic N) is 2. The molecular weight excluding hydrogens is 405 g/mol. The van der Waals surface area contributed by atoms with E-state index in [-0.39, 0.29) is 22.8 Å². The van der Waals surface area contributed by atoms with Crippen molar-refractivity contribution in [3.05, 3.63) is 70.6 Å². The van der Waals surface area contributed by atoms with Crippen molar-refractivity contribution in [2.75, 3.05) is 18.4 Å². The Morgan fingerprint density at radius 1 is 1.13 bits per heavy atom. The number of aryl methyl sites for hydroxylation is 1. The van der Waals surface area contributed by atoms with Gasteiger partial charge in [-0.3, -0.25) is 14.6 Å². The molecule has 1 saturated heterocycles. The Morgan fingerprint density at radius 3 is 2.60 bits per heavy atom. The molecule has 1 aliphatic heterocycles. The maximum Gasteiger partial charge on any atom is 0.255 e. The summed E-state index contributed by atoms with van der Waals surface area (Å²) >= 11 is 5.77. The number of carbonyl (C=O) groups excluding carboxylic acids is 2. The third-order valence-corrected chi connectivity index (χ3v) is 5.77. The van der Waals surface area contributed by atoms with Crippen LogP contribution in [0.5, 0.6) is 0 Å². The van der Waals surface area contributed by atoms with Crippen molar-refractivity contribution in [1.82, 2.24) is 9.88 Å². The first-order valence-electron chi connectivity index (χ1n) is 9.84. The Hall–Kier alpha value is -2.99. The average Bonchev–Trinajstić information content (AvgIpc) is 2.75. The predicted molar refractivity (Wildman–Crippen MR) is 115 cm³/mol. The molecule has 7 heteroatoms. The summed E-state index contributed by atoms with van der Waals surface area (Å²) in [6.07, 6.45) is 1.12. The average molecular weight is 426 g/mol. The predicted octanol–water partition coefficient (Wildman–Crippen LogP) is 4.83. The van der Waals surface area contributed by atoms with Crippen LogP contribution in [0.2, 0.25) is 5.02 Å². The number of fused-ring (bicyclic) bond motifs is 1. The maximum atomic E-state index is 13.3. The lowest BCUT2D eigenvalue weighted by Gasteiger charge is -2.31. The minimum absolute atomic E-state index is 0.0346. The van der Waals surface area contributed by atoms with Gasteiger partial charge in [-0.25, -0.2) is 4.39 Å². The molecule has 0 unspecified atom stereocenters. The van der Waals surface area contributed by atoms with E-state index in [0.717, 1.165) is 10.9 Å². The highest BCUT2D eigenvalue weighted by Crippen LogP contribution is 2.25. The van der Waals surface area contributed by atoms with E-state index in [2.05, 4.69) is 10.3 Å². The van der Waals surface area contributed by atoms with Gasteiger partial charge in [-0.15, -0.1) is 0 Å². The molecule has 1 aromatic heterocycles. The Labute approximate surface area is 178 Å². The van der Waals surface area contributed by atoms with Gasteiger partial charge < -0.3 is 10.2 Å². The van der Waals surface area contributed by atoms with Crippen LogP contribution in [0.1, 0.15) is 28.9 Å². The monoisotopic (exact) mass is 425 g/mol. The van der Waals surface area contributed by atoms with Gasteiger partial charge in [-0.2, -0.15) is 0 Å². The van der Waals surface area contributed by atoms with E-state index in [4.69, 9.17) is 11.6 Å². The highest BCUT2D eigenvalue weighted by atomic mass is 35.5. The highest BCUT2D eigenvalue weighted by Gasteiger charge is 2.29. The number of piperidine rings is 1. The van der Waals surface area contributed by atoms with Gasteiger partial charge >= 0.3 is 0 Å². The molecule has 2 amide bonds. The molecule has 1 N–H and O–H groups in total. The molecule has 1 aliphatic rings. The lowest BCUT2D eigenvalue weighted by atomic mass is 9.95. The van der Waals surface area contributed by atoms with Gasteiger partial charge in [0.1, 0.15) is 5.82 Å². The van der Waals surface area contributed by atoms with E-state index < -0.39 is 5.82 Å². The molecule has 2 aromatic carbocycles. The Bertz CT molecular complexity index is 1130. The van der Waals surface area contributed by atoms with Crippen LogP contribution >= 0.6 is 11.6 Å². The fraction of sp³-hybridized carbons (Fsp3) is 0.261. The standard InChI is InChI=1S/C23H21ClFN3O2/c1-14-18(12-16-4-2-3-5-21(16)26-14)23(30)28-10-8-15(9-11-28)22(29)27-17-6-7-20(25)19(24)13-17/h2-7,12-13,15H,8-11H2,1H3,(H,27,29). The fourth-order valence-corrected chi connectivity index (χ4v) is 3.94. The number of para-hydroxylation sites is 1. The number of anilines is 1. The topological polar surface area (TPSA) is 62.3 Å². The van der Waals surface area contributed by atoms with Gasteiger partial charge in [0.05, 0.1) is 21.8 Å². The SMILES string of the molecule is Cc1nc2ccccc2cc1C(=O)N1CCC(C(=O)Nc2ccc(F)c(Cl)c2)CC1. The first kappa shape index (κ1) is 20.3. The normalized spacial score (nSPS) is 14.7. The Kier molecular flexibility index (Phi) is 5.68. The zero-order valence-corrected chi connectivity index (χ0v) is 17.2. The molecule has 5 nitrogen and oxygen atoms in total. The summed E-state index contributed by atoms with van der Waals surface area (Å²) in [5.41, 5.74) is 2.62. The van der Waals surface area contributed by atoms with Gasteiger partial charge in [0.15, 0.2) is 0 Å². The van der Waals surface area contributed by atoms with Crippen LogP contribution in [-0.2, 0) is 4.79 Å². The quantitative estimate of drug-likeness (QED) is 0.654. The van der Waals surface area contributed by atoms with Crippen molar-refractivity contribution in [2.24, 2.45) is 5.92 Å². The van der Waals surface area contributed by atoms with E-state index in [9.17, 15) is 14.0 Å². The zero-order chi connectivity index (χ0) is 21.3. The number of likely N-dealkylation sites (tertiary alicyclic amines) is 1. The molecule has 30 heavy (non-hydrogen) atoms. The summed E-state index contributed by atoms with van der Waals surface area (Å²) in [5, 5.41) is 3.68. The van der Waals surface area contributed by atoms with Crippen LogP contribution in [0.25, 0.3) is 10.9 Å². The third kappa shape index (κ3) is 4.14. The van der Waals surface area contributed by atoms with Gasteiger partial charge in [-0.05, 0) is 50.1 Å². The van der Waals surface area contributed by atoms with Crippen molar-refractivity contribution in [3.63, 3.8) is 0 Å². The van der Waals surface area contributed by atoms with Crippen LogP contribution in [0.15, 0.2) is 48.5 Å². The van der Waals surface area contributed by atoms with E-state index in [1.165, 1.54) is 18.2 Å². The third-order valence-electron chi connectivity index (χ3n) is 5.49. The van der Waals surface area contributed by atoms with E-state index in [1.54, 1.807) is 4.90 Å². The molecule has 0 saturated carbocycles. The minimum Gasteiger partial charge on any atom is -0.339 e. The molecule has 0 atom stereocenters. The smallest absolute Gasteiger partial charge is 0.255 e. The molecule has 154 valence electrons. The molecule has 0 bridgehead atoms. The van der Waals surface area contributed by atoms with E-state index >= 15 is 0 Å². The molecule has 1 fully saturated rings. The second-order valence-electron chi connectivity index (χ2n) is 7.50. The molecular formula is C23H21ClFN3O2. The molecule has 2 heterocycles. The molecule has 0 spiro atoms. The number of hydrogen-bond donors (Lipinski definition) is 1. The van der Waals surface area contributed by atoms with Crippen LogP contribution in [0.3, 0.4) is 0 Å². The summed E-state index contributed by atoms with van der Waals surface area (Å²) < 4.78 is 13.3. The van der Waals surface area contributed by atoms with Crippen LogP contribution < -0.4 is 5.32 Å². The lowest BCUT2D eigenvalue weighted by Crippen LogP contribution is -2.41. The maximum absolute atomic E-state index is 13.3. The van der Waals surface area contributed by atoms with Crippen molar-refractivity contribution >= 4 is 40.0 Å². The first-order chi connectivity index (χ1) is 14.4. The van der Waals surface area contributed by atoms with Crippen LogP contribution in [0.4, 0.5) is 10.1 Å². The number of pyridine rings is 1. The van der Waals surface area contributed by atoms with Gasteiger partial charge in [0.2, 0.25) is 5.91 Å². The zero-order valence-electron chi connectivity index (χ0n) is 16.5. The number of amides is 2. The van der Waals surface area contributed by atoms with Crippen molar-refractivity contribution < 1.29 is 14.0 Å². The Morgan fingerprint density at radius 2 is 1.87 bits per heavy atom. The second-order valence-corrected chi connectivity index (χ2v) is 7.91. The minimum atomic E-state index is -0.528. The van der Waals surface area contributed by atoms with E-state index in [0.29, 0.717) is 42.9 Å². The van der Waals surface area contributed by atoms with Crippen LogP contribution in [-0.4, -0.2) is 34.8 Å². The van der Waals surface area contributed by atoms with Crippen molar-refractivity contribution in [3.8, 4) is 0 Å². The summed E-state index contributed by atoms with van der Waals surface area (Å²) in [4.78, 5) is 31.9. The highest BCUT2D eigenvalue weighted by molar-refractivity contribution is 6.31. The Balaban J connectivity index is 1.40. The largest absolute Gasteiger partial charge is 0.339 e. The van der Waals surface area contributed by atoms with Gasteiger partial charge in [0.25, 0.3) is 5.91 Å². The van der Waals surface area contributed by atoms with Crippen molar-refractivity contribution in [2.45, 2.75) is 19.8 Å². The summed E-state index contributed by atoms with van der Waals surface area (Å²) in [5.74, 6) is -0.947. The van der Waals surface area contributed by atoms with E-state index in [1.807, 2.05) is 37.3 Å². The summed E-state index contributed by atoms with van der Waals surface area (Å²) in [7, 11) is 0. The van der Waals surface area contributed by atoms with Crippen LogP contribution in [0, 0.1) is 18.7 Å². The number of benzene rings is 2. The first-order valence-corrected chi connectivity index (χ1v) is 10.2. The number of aromatic nitrogens is 1. The number of halogens is 2. The van der Waals surface area contributed by atoms with Gasteiger partial charge in [0, 0.05) is 30.1 Å². The lowest BCUT2D eigenvalue weighted by molar-refractivity contribution is -0.121. The number of rotatable bonds is 3. The molecule has 0 radical (unpaired) electrons. The summed E-state index contributed by atoms with van der Waals surface area (Å²) in [6, 6.07) is 13.7. The number of hydrogen-bond acceptors (Lipinski definition) is 3. The second kappa shape index (κ2) is 8.40.